The normalized spacial score (nSPS) is 11.8. The molecule has 0 unspecified atom stereocenters. The summed E-state index contributed by atoms with van der Waals surface area (Å²) in [5, 5.41) is 2.72. The Hall–Kier alpha value is -2.45. The van der Waals surface area contributed by atoms with Gasteiger partial charge in [0.1, 0.15) is 5.75 Å². The number of amides is 1. The lowest BCUT2D eigenvalue weighted by Crippen LogP contribution is -2.40. The summed E-state index contributed by atoms with van der Waals surface area (Å²) < 4.78 is 32.4. The number of aromatic nitrogens is 1. The fourth-order valence-corrected chi connectivity index (χ4v) is 3.50. The van der Waals surface area contributed by atoms with Crippen LogP contribution in [-0.2, 0) is 21.4 Å². The minimum atomic E-state index is -3.60. The maximum Gasteiger partial charge on any atom is 0.258 e. The standard InChI is InChI=1S/C18H23N3O4S/c1-18(2,3)21-26(23,24)16-8-6-15(7-9-16)25-13-17(22)20-12-14-5-4-10-19-11-14/h4-11,21H,12-13H2,1-3H3,(H,20,22). The minimum absolute atomic E-state index is 0.140. The van der Waals surface area contributed by atoms with Crippen molar-refractivity contribution in [2.24, 2.45) is 0 Å². The first-order chi connectivity index (χ1) is 12.2. The average Bonchev–Trinajstić information content (AvgIpc) is 2.57. The zero-order valence-corrected chi connectivity index (χ0v) is 15.8. The maximum atomic E-state index is 12.2. The van der Waals surface area contributed by atoms with Gasteiger partial charge in [-0.1, -0.05) is 6.07 Å². The highest BCUT2D eigenvalue weighted by Crippen LogP contribution is 2.17. The van der Waals surface area contributed by atoms with E-state index in [1.807, 2.05) is 6.07 Å². The van der Waals surface area contributed by atoms with Gasteiger partial charge in [-0.2, -0.15) is 0 Å². The Bertz CT molecular complexity index is 829. The van der Waals surface area contributed by atoms with Crippen molar-refractivity contribution in [1.82, 2.24) is 15.0 Å². The number of nitrogens with zero attached hydrogens (tertiary/aromatic N) is 1. The number of benzene rings is 1. The maximum absolute atomic E-state index is 12.2. The van der Waals surface area contributed by atoms with E-state index in [1.54, 1.807) is 39.2 Å². The fourth-order valence-electron chi connectivity index (χ4n) is 2.08. The molecular formula is C18H23N3O4S. The molecule has 1 aromatic heterocycles. The van der Waals surface area contributed by atoms with Crippen LogP contribution in [0.3, 0.4) is 0 Å². The highest BCUT2D eigenvalue weighted by atomic mass is 32.2. The molecule has 0 fully saturated rings. The van der Waals surface area contributed by atoms with Gasteiger partial charge in [0.15, 0.2) is 6.61 Å². The molecule has 1 heterocycles. The molecule has 0 saturated carbocycles. The third-order valence-corrected chi connectivity index (χ3v) is 4.93. The molecule has 1 amide bonds. The fraction of sp³-hybridized carbons (Fsp3) is 0.333. The number of pyridine rings is 1. The first-order valence-corrected chi connectivity index (χ1v) is 9.56. The van der Waals surface area contributed by atoms with Gasteiger partial charge in [-0.05, 0) is 56.7 Å². The van der Waals surface area contributed by atoms with E-state index in [0.29, 0.717) is 12.3 Å². The van der Waals surface area contributed by atoms with Crippen LogP contribution in [-0.4, -0.2) is 31.5 Å². The van der Waals surface area contributed by atoms with E-state index in [0.717, 1.165) is 5.56 Å². The molecule has 0 saturated heterocycles. The van der Waals surface area contributed by atoms with E-state index in [2.05, 4.69) is 15.0 Å². The quantitative estimate of drug-likeness (QED) is 0.767. The van der Waals surface area contributed by atoms with Crippen LogP contribution in [0.5, 0.6) is 5.75 Å². The largest absolute Gasteiger partial charge is 0.484 e. The van der Waals surface area contributed by atoms with Gasteiger partial charge in [0.25, 0.3) is 5.91 Å². The van der Waals surface area contributed by atoms with Crippen molar-refractivity contribution in [3.8, 4) is 5.75 Å². The summed E-state index contributed by atoms with van der Waals surface area (Å²) in [6, 6.07) is 9.58. The van der Waals surface area contributed by atoms with Crippen molar-refractivity contribution in [3.63, 3.8) is 0 Å². The average molecular weight is 377 g/mol. The van der Waals surface area contributed by atoms with Crippen LogP contribution >= 0.6 is 0 Å². The van der Waals surface area contributed by atoms with Crippen LogP contribution in [0.2, 0.25) is 0 Å². The molecule has 0 atom stereocenters. The topological polar surface area (TPSA) is 97.4 Å². The van der Waals surface area contributed by atoms with E-state index < -0.39 is 15.6 Å². The number of ether oxygens (including phenoxy) is 1. The van der Waals surface area contributed by atoms with Crippen LogP contribution in [0.1, 0.15) is 26.3 Å². The van der Waals surface area contributed by atoms with Crippen LogP contribution in [0.15, 0.2) is 53.7 Å². The summed E-state index contributed by atoms with van der Waals surface area (Å²) in [5.74, 6) is 0.135. The van der Waals surface area contributed by atoms with E-state index >= 15 is 0 Å². The molecule has 0 bridgehead atoms. The second kappa shape index (κ2) is 8.29. The lowest BCUT2D eigenvalue weighted by molar-refractivity contribution is -0.123. The van der Waals surface area contributed by atoms with Crippen molar-refractivity contribution in [3.05, 3.63) is 54.4 Å². The Labute approximate surface area is 153 Å². The van der Waals surface area contributed by atoms with Crippen molar-refractivity contribution < 1.29 is 17.9 Å². The molecule has 2 rings (SSSR count). The minimum Gasteiger partial charge on any atom is -0.484 e. The van der Waals surface area contributed by atoms with Crippen molar-refractivity contribution in [2.75, 3.05) is 6.61 Å². The molecule has 0 aliphatic heterocycles. The van der Waals surface area contributed by atoms with Crippen molar-refractivity contribution in [1.29, 1.82) is 0 Å². The molecule has 1 aromatic carbocycles. The number of carbonyl (C=O) groups excluding carboxylic acids is 1. The van der Waals surface area contributed by atoms with Crippen LogP contribution in [0.25, 0.3) is 0 Å². The molecule has 0 aliphatic rings. The summed E-state index contributed by atoms with van der Waals surface area (Å²) in [6.45, 7) is 5.52. The molecule has 7 nitrogen and oxygen atoms in total. The predicted octanol–water partition coefficient (Wildman–Crippen LogP) is 1.85. The Balaban J connectivity index is 1.86. The molecule has 0 aliphatic carbocycles. The van der Waals surface area contributed by atoms with E-state index in [-0.39, 0.29) is 17.4 Å². The number of hydrogen-bond donors (Lipinski definition) is 2. The van der Waals surface area contributed by atoms with E-state index in [9.17, 15) is 13.2 Å². The number of nitrogens with one attached hydrogen (secondary N) is 2. The molecule has 2 aromatic rings. The zero-order chi connectivity index (χ0) is 19.2. The van der Waals surface area contributed by atoms with Gasteiger partial charge in [0.2, 0.25) is 10.0 Å². The monoisotopic (exact) mass is 377 g/mol. The molecule has 0 spiro atoms. The Kier molecular flexibility index (Phi) is 6.33. The van der Waals surface area contributed by atoms with Gasteiger partial charge in [-0.3, -0.25) is 9.78 Å². The summed E-state index contributed by atoms with van der Waals surface area (Å²) in [4.78, 5) is 15.9. The molecule has 26 heavy (non-hydrogen) atoms. The second-order valence-electron chi connectivity index (χ2n) is 6.75. The summed E-state index contributed by atoms with van der Waals surface area (Å²) in [5.41, 5.74) is 0.321. The number of hydrogen-bond acceptors (Lipinski definition) is 5. The van der Waals surface area contributed by atoms with Gasteiger partial charge < -0.3 is 10.1 Å². The Morgan fingerprint density at radius 2 is 1.85 bits per heavy atom. The lowest BCUT2D eigenvalue weighted by atomic mass is 10.1. The third kappa shape index (κ3) is 6.45. The SMILES string of the molecule is CC(C)(C)NS(=O)(=O)c1ccc(OCC(=O)NCc2cccnc2)cc1. The highest BCUT2D eigenvalue weighted by molar-refractivity contribution is 7.89. The first kappa shape index (κ1) is 19.9. The van der Waals surface area contributed by atoms with Crippen LogP contribution in [0, 0.1) is 0 Å². The van der Waals surface area contributed by atoms with Crippen LogP contribution in [0.4, 0.5) is 0 Å². The smallest absolute Gasteiger partial charge is 0.258 e. The third-order valence-electron chi connectivity index (χ3n) is 3.16. The molecule has 2 N–H and O–H groups in total. The zero-order valence-electron chi connectivity index (χ0n) is 15.0. The summed E-state index contributed by atoms with van der Waals surface area (Å²) in [6.07, 6.45) is 3.33. The van der Waals surface area contributed by atoms with Gasteiger partial charge >= 0.3 is 0 Å². The predicted molar refractivity (Wildman–Crippen MR) is 98.1 cm³/mol. The number of carbonyl (C=O) groups is 1. The molecule has 0 radical (unpaired) electrons. The lowest BCUT2D eigenvalue weighted by Gasteiger charge is -2.20. The number of rotatable bonds is 7. The highest BCUT2D eigenvalue weighted by Gasteiger charge is 2.21. The Morgan fingerprint density at radius 1 is 1.15 bits per heavy atom. The van der Waals surface area contributed by atoms with Crippen molar-refractivity contribution >= 4 is 15.9 Å². The van der Waals surface area contributed by atoms with Gasteiger partial charge in [-0.25, -0.2) is 13.1 Å². The molecule has 8 heteroatoms. The van der Waals surface area contributed by atoms with Crippen LogP contribution < -0.4 is 14.8 Å². The Morgan fingerprint density at radius 3 is 2.42 bits per heavy atom. The summed E-state index contributed by atoms with van der Waals surface area (Å²) in [7, 11) is -3.60. The van der Waals surface area contributed by atoms with Gasteiger partial charge in [-0.15, -0.1) is 0 Å². The molecular weight excluding hydrogens is 354 g/mol. The molecule has 140 valence electrons. The van der Waals surface area contributed by atoms with E-state index in [1.165, 1.54) is 24.3 Å². The first-order valence-electron chi connectivity index (χ1n) is 8.08. The number of sulfonamides is 1. The van der Waals surface area contributed by atoms with Gasteiger partial charge in [0, 0.05) is 24.5 Å². The van der Waals surface area contributed by atoms with Crippen molar-refractivity contribution in [2.45, 2.75) is 37.8 Å². The van der Waals surface area contributed by atoms with Gasteiger partial charge in [0.05, 0.1) is 4.90 Å². The van der Waals surface area contributed by atoms with E-state index in [4.69, 9.17) is 4.74 Å². The summed E-state index contributed by atoms with van der Waals surface area (Å²) >= 11 is 0. The second-order valence-corrected chi connectivity index (χ2v) is 8.44.